The Hall–Kier alpha value is 0.01000. The molecule has 0 spiro atoms. The van der Waals surface area contributed by atoms with E-state index in [0.717, 1.165) is 10.0 Å². The molecule has 1 nitrogen and oxygen atoms in total. The van der Waals surface area contributed by atoms with Gasteiger partial charge >= 0.3 is 0 Å². The van der Waals surface area contributed by atoms with Gasteiger partial charge in [-0.15, -0.1) is 11.8 Å². The maximum atomic E-state index is 9.00. The molecule has 0 fully saturated rings. The van der Waals surface area contributed by atoms with Gasteiger partial charge in [-0.25, -0.2) is 0 Å². The molecule has 0 aliphatic rings. The fraction of sp³-hybridized carbons (Fsp3) is 0.500. The molecule has 0 heterocycles. The molecule has 1 aromatic carbocycles. The first-order valence-electron chi connectivity index (χ1n) is 5.10. The summed E-state index contributed by atoms with van der Waals surface area (Å²) in [7, 11) is 0. The third kappa shape index (κ3) is 3.82. The summed E-state index contributed by atoms with van der Waals surface area (Å²) >= 11 is 5.40. The van der Waals surface area contributed by atoms with Crippen molar-refractivity contribution in [2.24, 2.45) is 5.92 Å². The first-order chi connectivity index (χ1) is 7.04. The van der Waals surface area contributed by atoms with Crippen molar-refractivity contribution in [1.29, 1.82) is 0 Å². The zero-order chi connectivity index (χ0) is 11.4. The molecule has 1 atom stereocenters. The highest BCUT2D eigenvalue weighted by Crippen LogP contribution is 2.33. The normalized spacial score (nSPS) is 13.2. The average Bonchev–Trinajstić information content (AvgIpc) is 2.20. The highest BCUT2D eigenvalue weighted by molar-refractivity contribution is 9.10. The lowest BCUT2D eigenvalue weighted by Gasteiger charge is -2.16. The standard InChI is InChI=1S/C12H17BrOS/c1-8(2)9(3)15-12-5-4-10(7-14)6-11(12)13/h4-6,8-9,14H,7H2,1-3H3. The number of hydrogen-bond donors (Lipinski definition) is 1. The van der Waals surface area contributed by atoms with Gasteiger partial charge in [-0.05, 0) is 39.5 Å². The third-order valence-corrected chi connectivity index (χ3v) is 4.88. The molecular formula is C12H17BrOS. The Morgan fingerprint density at radius 2 is 2.00 bits per heavy atom. The minimum Gasteiger partial charge on any atom is -0.392 e. The molecule has 1 N–H and O–H groups in total. The smallest absolute Gasteiger partial charge is 0.0682 e. The van der Waals surface area contributed by atoms with Crippen molar-refractivity contribution < 1.29 is 5.11 Å². The van der Waals surface area contributed by atoms with Gasteiger partial charge in [0.25, 0.3) is 0 Å². The SMILES string of the molecule is CC(C)C(C)Sc1ccc(CO)cc1Br. The molecule has 3 heteroatoms. The van der Waals surface area contributed by atoms with E-state index in [-0.39, 0.29) is 6.61 Å². The van der Waals surface area contributed by atoms with Gasteiger partial charge in [-0.3, -0.25) is 0 Å². The Morgan fingerprint density at radius 3 is 2.47 bits per heavy atom. The van der Waals surface area contributed by atoms with Crippen molar-refractivity contribution in [3.63, 3.8) is 0 Å². The zero-order valence-electron chi connectivity index (χ0n) is 9.33. The highest BCUT2D eigenvalue weighted by atomic mass is 79.9. The zero-order valence-corrected chi connectivity index (χ0v) is 11.7. The minimum atomic E-state index is 0.100. The maximum Gasteiger partial charge on any atom is 0.0682 e. The van der Waals surface area contributed by atoms with Crippen LogP contribution in [0.15, 0.2) is 27.6 Å². The van der Waals surface area contributed by atoms with E-state index >= 15 is 0 Å². The summed E-state index contributed by atoms with van der Waals surface area (Å²) in [5.41, 5.74) is 0.948. The van der Waals surface area contributed by atoms with E-state index < -0.39 is 0 Å². The summed E-state index contributed by atoms with van der Waals surface area (Å²) in [5.74, 6) is 0.666. The lowest BCUT2D eigenvalue weighted by Crippen LogP contribution is -2.05. The second-order valence-electron chi connectivity index (χ2n) is 3.99. The van der Waals surface area contributed by atoms with Gasteiger partial charge in [0.1, 0.15) is 0 Å². The molecule has 0 aliphatic carbocycles. The van der Waals surface area contributed by atoms with Crippen LogP contribution in [0.1, 0.15) is 26.3 Å². The molecule has 0 bridgehead atoms. The molecule has 0 amide bonds. The van der Waals surface area contributed by atoms with Crippen molar-refractivity contribution in [2.45, 2.75) is 37.5 Å². The molecule has 84 valence electrons. The quantitative estimate of drug-likeness (QED) is 0.843. The molecule has 0 radical (unpaired) electrons. The Balaban J connectivity index is 2.78. The second kappa shape index (κ2) is 5.92. The topological polar surface area (TPSA) is 20.2 Å². The summed E-state index contributed by atoms with van der Waals surface area (Å²) in [6, 6.07) is 6.02. The maximum absolute atomic E-state index is 9.00. The van der Waals surface area contributed by atoms with E-state index in [4.69, 9.17) is 5.11 Å². The molecule has 0 saturated heterocycles. The summed E-state index contributed by atoms with van der Waals surface area (Å²) in [4.78, 5) is 1.24. The summed E-state index contributed by atoms with van der Waals surface area (Å²) < 4.78 is 1.08. The highest BCUT2D eigenvalue weighted by Gasteiger charge is 2.11. The van der Waals surface area contributed by atoms with E-state index in [1.54, 1.807) is 0 Å². The van der Waals surface area contributed by atoms with E-state index in [1.807, 2.05) is 23.9 Å². The molecular weight excluding hydrogens is 272 g/mol. The fourth-order valence-corrected chi connectivity index (χ4v) is 2.77. The van der Waals surface area contributed by atoms with Gasteiger partial charge in [0.05, 0.1) is 6.61 Å². The fourth-order valence-electron chi connectivity index (χ4n) is 1.07. The number of hydrogen-bond acceptors (Lipinski definition) is 2. The van der Waals surface area contributed by atoms with Crippen LogP contribution < -0.4 is 0 Å². The van der Waals surface area contributed by atoms with Crippen LogP contribution in [-0.4, -0.2) is 10.4 Å². The lowest BCUT2D eigenvalue weighted by molar-refractivity contribution is 0.281. The van der Waals surface area contributed by atoms with E-state index in [1.165, 1.54) is 4.90 Å². The second-order valence-corrected chi connectivity index (χ2v) is 6.26. The van der Waals surface area contributed by atoms with Crippen LogP contribution in [0.2, 0.25) is 0 Å². The summed E-state index contributed by atoms with van der Waals surface area (Å²) in [5, 5.41) is 9.59. The number of aliphatic hydroxyl groups excluding tert-OH is 1. The Morgan fingerprint density at radius 1 is 1.33 bits per heavy atom. The number of benzene rings is 1. The molecule has 15 heavy (non-hydrogen) atoms. The average molecular weight is 289 g/mol. The Kier molecular flexibility index (Phi) is 5.16. The van der Waals surface area contributed by atoms with Crippen molar-refractivity contribution in [3.8, 4) is 0 Å². The number of thioether (sulfide) groups is 1. The molecule has 1 unspecified atom stereocenters. The van der Waals surface area contributed by atoms with Gasteiger partial charge in [0.2, 0.25) is 0 Å². The monoisotopic (exact) mass is 288 g/mol. The third-order valence-electron chi connectivity index (χ3n) is 2.43. The minimum absolute atomic E-state index is 0.100. The van der Waals surface area contributed by atoms with Crippen LogP contribution in [0.4, 0.5) is 0 Å². The van der Waals surface area contributed by atoms with Crippen LogP contribution in [0.3, 0.4) is 0 Å². The van der Waals surface area contributed by atoms with E-state index in [0.29, 0.717) is 11.2 Å². The molecule has 0 aromatic heterocycles. The summed E-state index contributed by atoms with van der Waals surface area (Å²) in [6.45, 7) is 6.80. The van der Waals surface area contributed by atoms with Gasteiger partial charge in [0.15, 0.2) is 0 Å². The first-order valence-corrected chi connectivity index (χ1v) is 6.77. The van der Waals surface area contributed by atoms with Crippen LogP contribution in [-0.2, 0) is 6.61 Å². The number of aliphatic hydroxyl groups is 1. The van der Waals surface area contributed by atoms with Gasteiger partial charge in [-0.1, -0.05) is 26.8 Å². The Bertz CT molecular complexity index is 325. The molecule has 1 rings (SSSR count). The lowest BCUT2D eigenvalue weighted by atomic mass is 10.2. The van der Waals surface area contributed by atoms with Crippen molar-refractivity contribution >= 4 is 27.7 Å². The molecule has 1 aromatic rings. The van der Waals surface area contributed by atoms with Crippen LogP contribution in [0.5, 0.6) is 0 Å². The number of rotatable bonds is 4. The summed E-state index contributed by atoms with van der Waals surface area (Å²) in [6.07, 6.45) is 0. The van der Waals surface area contributed by atoms with Crippen molar-refractivity contribution in [3.05, 3.63) is 28.2 Å². The first kappa shape index (κ1) is 13.1. The van der Waals surface area contributed by atoms with Crippen molar-refractivity contribution in [2.75, 3.05) is 0 Å². The van der Waals surface area contributed by atoms with Crippen molar-refractivity contribution in [1.82, 2.24) is 0 Å². The van der Waals surface area contributed by atoms with E-state index in [9.17, 15) is 0 Å². The van der Waals surface area contributed by atoms with Crippen LogP contribution >= 0.6 is 27.7 Å². The molecule has 0 saturated carbocycles. The van der Waals surface area contributed by atoms with Gasteiger partial charge in [0, 0.05) is 14.6 Å². The van der Waals surface area contributed by atoms with Crippen LogP contribution in [0, 0.1) is 5.92 Å². The predicted molar refractivity (Wildman–Crippen MR) is 70.2 cm³/mol. The largest absolute Gasteiger partial charge is 0.392 e. The van der Waals surface area contributed by atoms with E-state index in [2.05, 4.69) is 42.8 Å². The van der Waals surface area contributed by atoms with Crippen LogP contribution in [0.25, 0.3) is 0 Å². The Labute approximate surface area is 104 Å². The van der Waals surface area contributed by atoms with Gasteiger partial charge < -0.3 is 5.11 Å². The van der Waals surface area contributed by atoms with Gasteiger partial charge in [-0.2, -0.15) is 0 Å². The predicted octanol–water partition coefficient (Wildman–Crippen LogP) is 4.08. The number of halogens is 1. The molecule has 0 aliphatic heterocycles.